The SMILES string of the molecule is O=CN1CCN(c2c(NCc3cccnc3)c(=O)c2=O)CC1. The van der Waals surface area contributed by atoms with Crippen molar-refractivity contribution in [1.82, 2.24) is 9.88 Å². The highest BCUT2D eigenvalue weighted by molar-refractivity contribution is 5.75. The second-order valence-corrected chi connectivity index (χ2v) is 5.23. The molecule has 22 heavy (non-hydrogen) atoms. The van der Waals surface area contributed by atoms with Gasteiger partial charge >= 0.3 is 0 Å². The van der Waals surface area contributed by atoms with E-state index in [0.717, 1.165) is 12.0 Å². The fourth-order valence-electron chi connectivity index (χ4n) is 2.59. The fraction of sp³-hybridized carbons (Fsp3) is 0.333. The summed E-state index contributed by atoms with van der Waals surface area (Å²) in [6.45, 7) is 2.69. The maximum atomic E-state index is 11.8. The maximum Gasteiger partial charge on any atom is 0.253 e. The van der Waals surface area contributed by atoms with E-state index in [1.165, 1.54) is 0 Å². The number of amides is 1. The summed E-state index contributed by atoms with van der Waals surface area (Å²) >= 11 is 0. The van der Waals surface area contributed by atoms with Crippen LogP contribution in [0.15, 0.2) is 34.1 Å². The van der Waals surface area contributed by atoms with Gasteiger partial charge in [0.05, 0.1) is 0 Å². The smallest absolute Gasteiger partial charge is 0.253 e. The van der Waals surface area contributed by atoms with E-state index in [4.69, 9.17) is 0 Å². The van der Waals surface area contributed by atoms with Crippen molar-refractivity contribution in [2.24, 2.45) is 0 Å². The maximum absolute atomic E-state index is 11.8. The van der Waals surface area contributed by atoms with Crippen molar-refractivity contribution in [3.8, 4) is 0 Å². The first-order valence-electron chi connectivity index (χ1n) is 7.11. The van der Waals surface area contributed by atoms with Gasteiger partial charge in [0.15, 0.2) is 0 Å². The molecule has 2 aromatic rings. The molecule has 0 atom stereocenters. The van der Waals surface area contributed by atoms with Gasteiger partial charge in [-0.1, -0.05) is 6.07 Å². The van der Waals surface area contributed by atoms with Crippen LogP contribution >= 0.6 is 0 Å². The highest BCUT2D eigenvalue weighted by Crippen LogP contribution is 2.21. The Hall–Kier alpha value is -2.70. The lowest BCUT2D eigenvalue weighted by molar-refractivity contribution is -0.118. The molecule has 1 aliphatic heterocycles. The third-order valence-corrected chi connectivity index (χ3v) is 3.86. The predicted octanol–water partition coefficient (Wildman–Crippen LogP) is -0.432. The van der Waals surface area contributed by atoms with Gasteiger partial charge in [0.2, 0.25) is 6.41 Å². The van der Waals surface area contributed by atoms with Gasteiger partial charge in [-0.25, -0.2) is 0 Å². The Balaban J connectivity index is 1.71. The Morgan fingerprint density at radius 3 is 2.59 bits per heavy atom. The number of nitrogens with zero attached hydrogens (tertiary/aromatic N) is 3. The van der Waals surface area contributed by atoms with Gasteiger partial charge in [0.25, 0.3) is 10.9 Å². The number of nitrogens with one attached hydrogen (secondary N) is 1. The molecule has 0 radical (unpaired) electrons. The third kappa shape index (κ3) is 2.57. The quantitative estimate of drug-likeness (QED) is 0.596. The Kier molecular flexibility index (Phi) is 3.86. The summed E-state index contributed by atoms with van der Waals surface area (Å²) in [6.07, 6.45) is 4.20. The van der Waals surface area contributed by atoms with Crippen molar-refractivity contribution < 1.29 is 4.79 Å². The van der Waals surface area contributed by atoms with Crippen molar-refractivity contribution >= 4 is 17.8 Å². The van der Waals surface area contributed by atoms with Crippen LogP contribution in [0.1, 0.15) is 5.56 Å². The lowest BCUT2D eigenvalue weighted by atomic mass is 10.1. The first-order chi connectivity index (χ1) is 10.7. The molecule has 0 aliphatic carbocycles. The lowest BCUT2D eigenvalue weighted by Crippen LogP contribution is -2.51. The number of aromatic nitrogens is 1. The van der Waals surface area contributed by atoms with Gasteiger partial charge in [-0.05, 0) is 11.6 Å². The van der Waals surface area contributed by atoms with Gasteiger partial charge in [-0.2, -0.15) is 0 Å². The summed E-state index contributed by atoms with van der Waals surface area (Å²) in [6, 6.07) is 3.72. The molecule has 1 N–H and O–H groups in total. The van der Waals surface area contributed by atoms with E-state index >= 15 is 0 Å². The first-order valence-corrected chi connectivity index (χ1v) is 7.11. The molecule has 7 nitrogen and oxygen atoms in total. The van der Waals surface area contributed by atoms with Crippen molar-refractivity contribution in [3.63, 3.8) is 0 Å². The zero-order valence-corrected chi connectivity index (χ0v) is 12.0. The average molecular weight is 300 g/mol. The Morgan fingerprint density at radius 1 is 1.18 bits per heavy atom. The van der Waals surface area contributed by atoms with Crippen molar-refractivity contribution in [1.29, 1.82) is 0 Å². The predicted molar refractivity (Wildman–Crippen MR) is 82.8 cm³/mol. The fourth-order valence-corrected chi connectivity index (χ4v) is 2.59. The number of rotatable bonds is 5. The third-order valence-electron chi connectivity index (χ3n) is 3.86. The van der Waals surface area contributed by atoms with E-state index < -0.39 is 10.9 Å². The monoisotopic (exact) mass is 300 g/mol. The number of pyridine rings is 1. The molecule has 1 aromatic heterocycles. The topological polar surface area (TPSA) is 82.6 Å². The Labute approximate surface area is 126 Å². The molecule has 0 saturated carbocycles. The van der Waals surface area contributed by atoms with Crippen molar-refractivity contribution in [3.05, 3.63) is 50.5 Å². The number of hydrogen-bond acceptors (Lipinski definition) is 6. The summed E-state index contributed by atoms with van der Waals surface area (Å²) in [7, 11) is 0. The zero-order chi connectivity index (χ0) is 15.5. The minimum absolute atomic E-state index is 0.369. The van der Waals surface area contributed by atoms with Crippen LogP contribution in [0.4, 0.5) is 11.4 Å². The molecule has 1 amide bonds. The van der Waals surface area contributed by atoms with Crippen LogP contribution < -0.4 is 21.1 Å². The molecule has 3 rings (SSSR count). The minimum atomic E-state index is -0.475. The molecule has 1 fully saturated rings. The van der Waals surface area contributed by atoms with Crippen LogP contribution in [0, 0.1) is 0 Å². The van der Waals surface area contributed by atoms with E-state index in [-0.39, 0.29) is 0 Å². The first kappa shape index (κ1) is 14.2. The molecule has 1 aliphatic rings. The van der Waals surface area contributed by atoms with Gasteiger partial charge in [-0.3, -0.25) is 19.4 Å². The van der Waals surface area contributed by atoms with Gasteiger partial charge in [-0.15, -0.1) is 0 Å². The van der Waals surface area contributed by atoms with E-state index in [2.05, 4.69) is 10.3 Å². The molecule has 7 heteroatoms. The molecule has 0 spiro atoms. The largest absolute Gasteiger partial charge is 0.376 e. The number of piperazine rings is 1. The Morgan fingerprint density at radius 2 is 1.95 bits per heavy atom. The van der Waals surface area contributed by atoms with Gasteiger partial charge in [0.1, 0.15) is 11.4 Å². The van der Waals surface area contributed by atoms with E-state index in [1.54, 1.807) is 17.3 Å². The van der Waals surface area contributed by atoms with Crippen LogP contribution in [-0.2, 0) is 11.3 Å². The molecular formula is C15H16N4O3. The van der Waals surface area contributed by atoms with Crippen LogP contribution in [0.2, 0.25) is 0 Å². The highest BCUT2D eigenvalue weighted by atomic mass is 16.2. The molecule has 1 saturated heterocycles. The zero-order valence-electron chi connectivity index (χ0n) is 12.0. The standard InChI is InChI=1S/C15H16N4O3/c20-10-18-4-6-19(7-5-18)13-12(14(21)15(13)22)17-9-11-2-1-3-16-8-11/h1-3,8,10,17H,4-7,9H2. The summed E-state index contributed by atoms with van der Waals surface area (Å²) in [4.78, 5) is 41.9. The van der Waals surface area contributed by atoms with Crippen molar-refractivity contribution in [2.45, 2.75) is 6.54 Å². The molecule has 2 heterocycles. The van der Waals surface area contributed by atoms with Crippen LogP contribution in [0.25, 0.3) is 0 Å². The lowest BCUT2D eigenvalue weighted by Gasteiger charge is -2.35. The second kappa shape index (κ2) is 5.97. The number of carbonyl (C=O) groups excluding carboxylic acids is 1. The van der Waals surface area contributed by atoms with Crippen molar-refractivity contribution in [2.75, 3.05) is 36.4 Å². The second-order valence-electron chi connectivity index (χ2n) is 5.23. The van der Waals surface area contributed by atoms with Crippen LogP contribution in [0.5, 0.6) is 0 Å². The molecule has 0 bridgehead atoms. The highest BCUT2D eigenvalue weighted by Gasteiger charge is 2.28. The van der Waals surface area contributed by atoms with Crippen LogP contribution in [0.3, 0.4) is 0 Å². The van der Waals surface area contributed by atoms with E-state index in [1.807, 2.05) is 17.0 Å². The summed E-state index contributed by atoms with van der Waals surface area (Å²) < 4.78 is 0. The summed E-state index contributed by atoms with van der Waals surface area (Å²) in [5, 5.41) is 3.03. The van der Waals surface area contributed by atoms with E-state index in [9.17, 15) is 14.4 Å². The summed E-state index contributed by atoms with van der Waals surface area (Å²) in [5.74, 6) is 0. The minimum Gasteiger partial charge on any atom is -0.376 e. The average Bonchev–Trinajstić information content (AvgIpc) is 2.59. The normalized spacial score (nSPS) is 15.1. The van der Waals surface area contributed by atoms with Crippen LogP contribution in [-0.4, -0.2) is 42.5 Å². The Bertz CT molecular complexity index is 729. The summed E-state index contributed by atoms with van der Waals surface area (Å²) in [5.41, 5.74) is 0.824. The van der Waals surface area contributed by atoms with Gasteiger partial charge < -0.3 is 15.1 Å². The molecule has 0 unspecified atom stereocenters. The number of carbonyl (C=O) groups is 1. The number of hydrogen-bond donors (Lipinski definition) is 1. The van der Waals surface area contributed by atoms with Gasteiger partial charge in [0, 0.05) is 45.1 Å². The molecule has 1 aromatic carbocycles. The molecular weight excluding hydrogens is 284 g/mol. The number of anilines is 2. The van der Waals surface area contributed by atoms with E-state index in [0.29, 0.717) is 44.1 Å². The molecule has 114 valence electrons.